The first-order valence-electron chi connectivity index (χ1n) is 14.5. The van der Waals surface area contributed by atoms with Crippen LogP contribution in [0.5, 0.6) is 0 Å². The average molecular weight is 621 g/mol. The van der Waals surface area contributed by atoms with Crippen LogP contribution in [0.15, 0.2) is 47.3 Å². The molecule has 13 nitrogen and oxygen atoms in total. The predicted octanol–water partition coefficient (Wildman–Crippen LogP) is 3.73. The molecule has 14 heteroatoms. The zero-order valence-electron chi connectivity index (χ0n) is 24.5. The van der Waals surface area contributed by atoms with Gasteiger partial charge in [-0.25, -0.2) is 15.0 Å². The molecule has 2 aliphatic rings. The molecule has 0 bridgehead atoms. The highest BCUT2D eigenvalue weighted by molar-refractivity contribution is 6.30. The lowest BCUT2D eigenvalue weighted by Gasteiger charge is -2.38. The lowest BCUT2D eigenvalue weighted by molar-refractivity contribution is -0.146. The lowest BCUT2D eigenvalue weighted by atomic mass is 9.84. The van der Waals surface area contributed by atoms with Crippen molar-refractivity contribution in [3.05, 3.63) is 59.5 Å². The second kappa shape index (κ2) is 12.7. The van der Waals surface area contributed by atoms with E-state index in [1.165, 1.54) is 6.20 Å². The lowest BCUT2D eigenvalue weighted by Crippen LogP contribution is -2.49. The van der Waals surface area contributed by atoms with Gasteiger partial charge in [0.25, 0.3) is 5.91 Å². The van der Waals surface area contributed by atoms with Gasteiger partial charge >= 0.3 is 0 Å². The third-order valence-corrected chi connectivity index (χ3v) is 8.12. The first kappa shape index (κ1) is 29.7. The van der Waals surface area contributed by atoms with Crippen LogP contribution >= 0.6 is 11.6 Å². The van der Waals surface area contributed by atoms with E-state index in [1.807, 2.05) is 34.7 Å². The molecule has 1 saturated carbocycles. The minimum atomic E-state index is -0.597. The number of amides is 3. The molecule has 0 atom stereocenters. The van der Waals surface area contributed by atoms with E-state index in [9.17, 15) is 14.4 Å². The minimum absolute atomic E-state index is 0.00615. The zero-order valence-corrected chi connectivity index (χ0v) is 25.2. The quantitative estimate of drug-likeness (QED) is 0.301. The molecular weight excluding hydrogens is 588 g/mol. The number of nitrogens with zero attached hydrogens (tertiary/aromatic N) is 6. The molecule has 5 heterocycles. The molecule has 1 saturated heterocycles. The number of carbonyl (C=O) groups excluding carboxylic acids is 3. The number of hydrogen-bond acceptors (Lipinski definition) is 9. The van der Waals surface area contributed by atoms with Crippen molar-refractivity contribution < 1.29 is 23.5 Å². The Morgan fingerprint density at radius 3 is 2.64 bits per heavy atom. The number of fused-ring (bicyclic) bond motifs is 1. The van der Waals surface area contributed by atoms with Gasteiger partial charge in [-0.1, -0.05) is 11.6 Å². The van der Waals surface area contributed by atoms with E-state index in [-0.39, 0.29) is 47.6 Å². The number of aromatic nitrogens is 4. The second-order valence-corrected chi connectivity index (χ2v) is 11.7. The second-order valence-electron chi connectivity index (χ2n) is 11.2. The summed E-state index contributed by atoms with van der Waals surface area (Å²) in [6.45, 7) is 1.79. The number of imidazole rings is 1. The summed E-state index contributed by atoms with van der Waals surface area (Å²) in [7, 11) is 3.90. The molecule has 0 aromatic carbocycles. The molecule has 0 radical (unpaired) electrons. The van der Waals surface area contributed by atoms with Crippen LogP contribution in [-0.4, -0.2) is 86.9 Å². The van der Waals surface area contributed by atoms with E-state index in [0.717, 1.165) is 5.82 Å². The van der Waals surface area contributed by atoms with Crippen LogP contribution in [0.4, 0.5) is 11.5 Å². The fourth-order valence-electron chi connectivity index (χ4n) is 5.73. The molecule has 4 aromatic rings. The van der Waals surface area contributed by atoms with E-state index in [1.54, 1.807) is 30.5 Å². The van der Waals surface area contributed by atoms with E-state index in [0.29, 0.717) is 67.3 Å². The highest BCUT2D eigenvalue weighted by Gasteiger charge is 2.34. The molecule has 1 aliphatic carbocycles. The molecule has 2 N–H and O–H groups in total. The predicted molar refractivity (Wildman–Crippen MR) is 163 cm³/mol. The van der Waals surface area contributed by atoms with Crippen LogP contribution < -0.4 is 10.6 Å². The number of carbonyl (C=O) groups is 3. The Hall–Kier alpha value is -4.33. The summed E-state index contributed by atoms with van der Waals surface area (Å²) in [5.41, 5.74) is 0.849. The minimum Gasteiger partial charge on any atom is -0.447 e. The molecule has 1 aliphatic heterocycles. The summed E-state index contributed by atoms with van der Waals surface area (Å²) in [4.78, 5) is 56.7. The number of anilines is 2. The number of hydrogen-bond donors (Lipinski definition) is 2. The van der Waals surface area contributed by atoms with Gasteiger partial charge in [-0.15, -0.1) is 0 Å². The first-order valence-corrected chi connectivity index (χ1v) is 14.9. The molecule has 44 heavy (non-hydrogen) atoms. The van der Waals surface area contributed by atoms with Gasteiger partial charge in [-0.3, -0.25) is 19.0 Å². The molecule has 6 rings (SSSR count). The van der Waals surface area contributed by atoms with Gasteiger partial charge in [0.05, 0.1) is 18.2 Å². The van der Waals surface area contributed by atoms with Crippen LogP contribution in [0.2, 0.25) is 5.02 Å². The standard InChI is InChI=1S/C30H33ClN8O5/c1-37(2)16-24-32-11-12-39(24)23-10-8-21-26(35-23)27(28(44-21)30(42)34-22-9-5-19(31)15-33-22)36-29(41)18-3-6-20(7-4-18)38-13-14-43-17-25(38)40/h5,8-12,15,18,20H,3-4,6-7,13-14,16-17H2,1-2H3,(H,36,41)(H,33,34,42)/t18-,20-. The Morgan fingerprint density at radius 2 is 1.91 bits per heavy atom. The van der Waals surface area contributed by atoms with E-state index >= 15 is 0 Å². The molecule has 0 unspecified atom stereocenters. The summed E-state index contributed by atoms with van der Waals surface area (Å²) in [5.74, 6) is 0.373. The summed E-state index contributed by atoms with van der Waals surface area (Å²) >= 11 is 5.95. The smallest absolute Gasteiger partial charge is 0.294 e. The summed E-state index contributed by atoms with van der Waals surface area (Å²) in [6, 6.07) is 6.76. The normalized spacial score (nSPS) is 19.0. The Labute approximate surface area is 258 Å². The summed E-state index contributed by atoms with van der Waals surface area (Å²) in [5, 5.41) is 6.11. The molecule has 3 amide bonds. The number of nitrogens with one attached hydrogen (secondary N) is 2. The number of ether oxygens (including phenoxy) is 1. The molecule has 4 aromatic heterocycles. The fourth-order valence-corrected chi connectivity index (χ4v) is 5.84. The van der Waals surface area contributed by atoms with Crippen LogP contribution in [-0.2, 0) is 20.9 Å². The van der Waals surface area contributed by atoms with E-state index < -0.39 is 5.91 Å². The summed E-state index contributed by atoms with van der Waals surface area (Å²) < 4.78 is 13.1. The number of furan rings is 1. The van der Waals surface area contributed by atoms with Gasteiger partial charge in [0.1, 0.15) is 35.3 Å². The summed E-state index contributed by atoms with van der Waals surface area (Å²) in [6.07, 6.45) is 7.56. The first-order chi connectivity index (χ1) is 21.3. The number of pyridine rings is 2. The third kappa shape index (κ3) is 6.30. The Balaban J connectivity index is 1.28. The molecule has 2 fully saturated rings. The monoisotopic (exact) mass is 620 g/mol. The number of rotatable bonds is 8. The molecule has 230 valence electrons. The van der Waals surface area contributed by atoms with Crippen molar-refractivity contribution >= 4 is 51.9 Å². The van der Waals surface area contributed by atoms with Gasteiger partial charge in [0.2, 0.25) is 17.6 Å². The maximum Gasteiger partial charge on any atom is 0.294 e. The number of morpholine rings is 1. The highest BCUT2D eigenvalue weighted by atomic mass is 35.5. The highest BCUT2D eigenvalue weighted by Crippen LogP contribution is 2.34. The molecule has 0 spiro atoms. The van der Waals surface area contributed by atoms with Crippen LogP contribution in [0.1, 0.15) is 42.1 Å². The topological polar surface area (TPSA) is 148 Å². The van der Waals surface area contributed by atoms with Crippen molar-refractivity contribution in [2.45, 2.75) is 38.3 Å². The SMILES string of the molecule is CN(C)Cc1nccn1-c1ccc2oc(C(=O)Nc3ccc(Cl)cn3)c(NC(=O)[C@H]3CC[C@H](N4CCOCC4=O)CC3)c2n1. The van der Waals surface area contributed by atoms with Crippen LogP contribution in [0, 0.1) is 5.92 Å². The Bertz CT molecular complexity index is 1680. The molecular formula is C30H33ClN8O5. The third-order valence-electron chi connectivity index (χ3n) is 7.90. The van der Waals surface area contributed by atoms with Crippen molar-refractivity contribution in [1.29, 1.82) is 0 Å². The van der Waals surface area contributed by atoms with Crippen molar-refractivity contribution in [3.63, 3.8) is 0 Å². The Morgan fingerprint density at radius 1 is 1.09 bits per heavy atom. The van der Waals surface area contributed by atoms with Crippen molar-refractivity contribution in [2.75, 3.05) is 44.5 Å². The Kier molecular flexibility index (Phi) is 8.60. The van der Waals surface area contributed by atoms with Gasteiger partial charge in [-0.2, -0.15) is 0 Å². The van der Waals surface area contributed by atoms with Crippen molar-refractivity contribution in [2.24, 2.45) is 5.92 Å². The van der Waals surface area contributed by atoms with Gasteiger partial charge in [0.15, 0.2) is 5.58 Å². The van der Waals surface area contributed by atoms with Crippen LogP contribution in [0.3, 0.4) is 0 Å². The average Bonchev–Trinajstić information content (AvgIpc) is 3.62. The van der Waals surface area contributed by atoms with Crippen LogP contribution in [0.25, 0.3) is 16.9 Å². The number of halogens is 1. The van der Waals surface area contributed by atoms with Gasteiger partial charge in [0, 0.05) is 37.1 Å². The van der Waals surface area contributed by atoms with Gasteiger partial charge in [-0.05, 0) is 64.0 Å². The van der Waals surface area contributed by atoms with Crippen molar-refractivity contribution in [1.82, 2.24) is 29.3 Å². The maximum absolute atomic E-state index is 13.7. The largest absolute Gasteiger partial charge is 0.447 e. The maximum atomic E-state index is 13.7. The van der Waals surface area contributed by atoms with Crippen molar-refractivity contribution in [3.8, 4) is 5.82 Å². The van der Waals surface area contributed by atoms with Gasteiger partial charge < -0.3 is 29.6 Å². The fraction of sp³-hybridized carbons (Fsp3) is 0.400. The zero-order chi connectivity index (χ0) is 30.8. The van der Waals surface area contributed by atoms with E-state index in [2.05, 4.69) is 20.6 Å². The van der Waals surface area contributed by atoms with E-state index in [4.69, 9.17) is 25.7 Å².